The fourth-order valence-corrected chi connectivity index (χ4v) is 3.44. The van der Waals surface area contributed by atoms with Crippen LogP contribution in [0.5, 0.6) is 5.75 Å². The first kappa shape index (κ1) is 20.5. The molecule has 0 aliphatic carbocycles. The maximum atomic E-state index is 12.4. The average molecular weight is 402 g/mol. The van der Waals surface area contributed by atoms with Gasteiger partial charge in [0.2, 0.25) is 5.91 Å². The first-order chi connectivity index (χ1) is 13.5. The number of nitrogens with zero attached hydrogens (tertiary/aromatic N) is 2. The molecule has 2 aromatic carbocycles. The highest BCUT2D eigenvalue weighted by Gasteiger charge is 2.18. The Morgan fingerprint density at radius 1 is 1.14 bits per heavy atom. The number of nitrogens with one attached hydrogen (secondary N) is 1. The Kier molecular flexibility index (Phi) is 7.18. The van der Waals surface area contributed by atoms with Crippen LogP contribution in [0.25, 0.3) is 0 Å². The van der Waals surface area contributed by atoms with Gasteiger partial charge in [0.1, 0.15) is 5.75 Å². The van der Waals surface area contributed by atoms with Gasteiger partial charge in [-0.3, -0.25) is 4.79 Å². The van der Waals surface area contributed by atoms with Gasteiger partial charge in [0.05, 0.1) is 18.0 Å². The topological polar surface area (TPSA) is 44.8 Å². The van der Waals surface area contributed by atoms with Gasteiger partial charge in [0.15, 0.2) is 0 Å². The average Bonchev–Trinajstić information content (AvgIpc) is 2.66. The third-order valence-corrected chi connectivity index (χ3v) is 5.12. The first-order valence-electron chi connectivity index (χ1n) is 9.73. The van der Waals surface area contributed by atoms with E-state index in [0.717, 1.165) is 48.9 Å². The number of carbonyl (C=O) groups is 1. The number of ether oxygens (including phenoxy) is 1. The summed E-state index contributed by atoms with van der Waals surface area (Å²) >= 11 is 6.17. The Morgan fingerprint density at radius 3 is 2.68 bits per heavy atom. The lowest BCUT2D eigenvalue weighted by molar-refractivity contribution is -0.116. The van der Waals surface area contributed by atoms with E-state index in [2.05, 4.69) is 22.2 Å². The molecule has 0 atom stereocenters. The summed E-state index contributed by atoms with van der Waals surface area (Å²) in [6.45, 7) is 6.43. The Morgan fingerprint density at radius 2 is 1.93 bits per heavy atom. The molecule has 5 nitrogen and oxygen atoms in total. The van der Waals surface area contributed by atoms with Crippen molar-refractivity contribution in [3.8, 4) is 5.75 Å². The number of halogens is 1. The molecule has 1 saturated heterocycles. The second kappa shape index (κ2) is 9.80. The third kappa shape index (κ3) is 5.88. The monoisotopic (exact) mass is 401 g/mol. The van der Waals surface area contributed by atoms with Gasteiger partial charge in [0, 0.05) is 37.6 Å². The van der Waals surface area contributed by atoms with Crippen LogP contribution in [0.15, 0.2) is 42.5 Å². The Bertz CT molecular complexity index is 804. The van der Waals surface area contributed by atoms with Crippen molar-refractivity contribution in [2.45, 2.75) is 19.8 Å². The lowest BCUT2D eigenvalue weighted by Crippen LogP contribution is -2.44. The molecule has 0 unspecified atom stereocenters. The van der Waals surface area contributed by atoms with E-state index in [1.54, 1.807) is 0 Å². The standard InChI is InChI=1S/C22H28ClN3O2/c1-17-5-3-6-19(15-17)28-14-4-7-22(27)24-20-16-18(23)8-9-21(20)26-12-10-25(2)11-13-26/h3,5-6,8-9,15-16H,4,7,10-14H2,1-2H3,(H,24,27). The summed E-state index contributed by atoms with van der Waals surface area (Å²) in [7, 11) is 2.13. The Hall–Kier alpha value is -2.24. The molecule has 1 heterocycles. The van der Waals surface area contributed by atoms with Crippen molar-refractivity contribution in [1.82, 2.24) is 4.90 Å². The molecule has 0 bridgehead atoms. The molecular formula is C22H28ClN3O2. The van der Waals surface area contributed by atoms with Gasteiger partial charge in [-0.05, 0) is 56.3 Å². The molecule has 0 saturated carbocycles. The van der Waals surface area contributed by atoms with Gasteiger partial charge < -0.3 is 19.9 Å². The lowest BCUT2D eigenvalue weighted by Gasteiger charge is -2.35. The predicted molar refractivity (Wildman–Crippen MR) is 116 cm³/mol. The maximum Gasteiger partial charge on any atom is 0.224 e. The summed E-state index contributed by atoms with van der Waals surface area (Å²) < 4.78 is 5.72. The van der Waals surface area contributed by atoms with E-state index in [-0.39, 0.29) is 5.91 Å². The second-order valence-electron chi connectivity index (χ2n) is 7.27. The predicted octanol–water partition coefficient (Wildman–Crippen LogP) is 4.20. The fourth-order valence-electron chi connectivity index (χ4n) is 3.27. The van der Waals surface area contributed by atoms with E-state index in [4.69, 9.17) is 16.3 Å². The van der Waals surface area contributed by atoms with Crippen LogP contribution in [0, 0.1) is 6.92 Å². The van der Waals surface area contributed by atoms with Crippen LogP contribution >= 0.6 is 11.6 Å². The van der Waals surface area contributed by atoms with Gasteiger partial charge >= 0.3 is 0 Å². The first-order valence-corrected chi connectivity index (χ1v) is 10.1. The largest absolute Gasteiger partial charge is 0.494 e. The molecule has 0 spiro atoms. The van der Waals surface area contributed by atoms with Crippen molar-refractivity contribution in [3.05, 3.63) is 53.1 Å². The summed E-state index contributed by atoms with van der Waals surface area (Å²) in [4.78, 5) is 17.0. The number of anilines is 2. The highest BCUT2D eigenvalue weighted by Crippen LogP contribution is 2.30. The summed E-state index contributed by atoms with van der Waals surface area (Å²) in [5.74, 6) is 0.818. The normalized spacial score (nSPS) is 14.8. The molecule has 0 aromatic heterocycles. The van der Waals surface area contributed by atoms with E-state index in [1.807, 2.05) is 49.4 Å². The van der Waals surface area contributed by atoms with Crippen molar-refractivity contribution >= 4 is 28.9 Å². The van der Waals surface area contributed by atoms with Crippen molar-refractivity contribution < 1.29 is 9.53 Å². The minimum atomic E-state index is -0.0227. The van der Waals surface area contributed by atoms with Crippen molar-refractivity contribution in [1.29, 1.82) is 0 Å². The van der Waals surface area contributed by atoms with E-state index < -0.39 is 0 Å². The van der Waals surface area contributed by atoms with Gasteiger partial charge in [-0.15, -0.1) is 0 Å². The Balaban J connectivity index is 1.52. The number of piperazine rings is 1. The highest BCUT2D eigenvalue weighted by atomic mass is 35.5. The number of aryl methyl sites for hydroxylation is 1. The molecule has 28 heavy (non-hydrogen) atoms. The Labute approximate surface area is 172 Å². The summed E-state index contributed by atoms with van der Waals surface area (Å²) in [6, 6.07) is 13.6. The quantitative estimate of drug-likeness (QED) is 0.706. The second-order valence-corrected chi connectivity index (χ2v) is 7.70. The van der Waals surface area contributed by atoms with Gasteiger partial charge in [-0.25, -0.2) is 0 Å². The fraction of sp³-hybridized carbons (Fsp3) is 0.409. The summed E-state index contributed by atoms with van der Waals surface area (Å²) in [5, 5.41) is 3.65. The molecule has 1 amide bonds. The molecule has 1 N–H and O–H groups in total. The zero-order valence-electron chi connectivity index (χ0n) is 16.6. The molecular weight excluding hydrogens is 374 g/mol. The maximum absolute atomic E-state index is 12.4. The van der Waals surface area contributed by atoms with E-state index in [1.165, 1.54) is 0 Å². The van der Waals surface area contributed by atoms with Crippen LogP contribution in [0.4, 0.5) is 11.4 Å². The number of rotatable bonds is 7. The third-order valence-electron chi connectivity index (χ3n) is 4.88. The summed E-state index contributed by atoms with van der Waals surface area (Å²) in [5.41, 5.74) is 2.97. The van der Waals surface area contributed by atoms with Crippen LogP contribution in [0.2, 0.25) is 5.02 Å². The van der Waals surface area contributed by atoms with Crippen LogP contribution in [-0.4, -0.2) is 50.6 Å². The molecule has 3 rings (SSSR count). The van der Waals surface area contributed by atoms with Crippen molar-refractivity contribution in [2.75, 3.05) is 50.1 Å². The molecule has 2 aromatic rings. The SMILES string of the molecule is Cc1cccc(OCCCC(=O)Nc2cc(Cl)ccc2N2CCN(C)CC2)c1. The molecule has 150 valence electrons. The molecule has 6 heteroatoms. The van der Waals surface area contributed by atoms with E-state index >= 15 is 0 Å². The van der Waals surface area contributed by atoms with Gasteiger partial charge in [0.25, 0.3) is 0 Å². The van der Waals surface area contributed by atoms with Gasteiger partial charge in [-0.2, -0.15) is 0 Å². The zero-order valence-corrected chi connectivity index (χ0v) is 17.3. The van der Waals surface area contributed by atoms with Crippen LogP contribution in [-0.2, 0) is 4.79 Å². The molecule has 0 radical (unpaired) electrons. The van der Waals surface area contributed by atoms with Crippen LogP contribution < -0.4 is 15.0 Å². The number of amides is 1. The number of hydrogen-bond donors (Lipinski definition) is 1. The number of benzene rings is 2. The smallest absolute Gasteiger partial charge is 0.224 e. The van der Waals surface area contributed by atoms with Crippen LogP contribution in [0.1, 0.15) is 18.4 Å². The number of hydrogen-bond acceptors (Lipinski definition) is 4. The minimum absolute atomic E-state index is 0.0227. The van der Waals surface area contributed by atoms with E-state index in [9.17, 15) is 4.79 Å². The summed E-state index contributed by atoms with van der Waals surface area (Å²) in [6.07, 6.45) is 1.06. The molecule has 1 fully saturated rings. The highest BCUT2D eigenvalue weighted by molar-refractivity contribution is 6.31. The minimum Gasteiger partial charge on any atom is -0.494 e. The lowest BCUT2D eigenvalue weighted by atomic mass is 10.2. The van der Waals surface area contributed by atoms with Crippen molar-refractivity contribution in [3.63, 3.8) is 0 Å². The van der Waals surface area contributed by atoms with Crippen molar-refractivity contribution in [2.24, 2.45) is 0 Å². The van der Waals surface area contributed by atoms with E-state index in [0.29, 0.717) is 24.5 Å². The number of carbonyl (C=O) groups excluding carboxylic acids is 1. The zero-order chi connectivity index (χ0) is 19.9. The van der Waals surface area contributed by atoms with Crippen LogP contribution in [0.3, 0.4) is 0 Å². The molecule has 1 aliphatic rings. The number of likely N-dealkylation sites (N-methyl/N-ethyl adjacent to an activating group) is 1. The van der Waals surface area contributed by atoms with Gasteiger partial charge in [-0.1, -0.05) is 23.7 Å². The molecule has 1 aliphatic heterocycles.